The first-order chi connectivity index (χ1) is 9.74. The first kappa shape index (κ1) is 12.8. The van der Waals surface area contributed by atoms with Crippen molar-refractivity contribution in [3.8, 4) is 0 Å². The zero-order valence-electron chi connectivity index (χ0n) is 11.8. The molecule has 0 saturated carbocycles. The Hall–Kier alpha value is -2.23. The molecular formula is C16H20N4. The Kier molecular flexibility index (Phi) is 3.46. The Balaban J connectivity index is 1.68. The third-order valence-corrected chi connectivity index (χ3v) is 3.85. The van der Waals surface area contributed by atoms with Gasteiger partial charge in [0.1, 0.15) is 0 Å². The highest BCUT2D eigenvalue weighted by molar-refractivity contribution is 5.66. The van der Waals surface area contributed by atoms with Crippen LogP contribution in [0.1, 0.15) is 5.56 Å². The lowest BCUT2D eigenvalue weighted by Crippen LogP contribution is -2.46. The van der Waals surface area contributed by atoms with E-state index in [-0.39, 0.29) is 0 Å². The molecule has 1 aliphatic heterocycles. The van der Waals surface area contributed by atoms with Crippen LogP contribution < -0.4 is 15.5 Å². The van der Waals surface area contributed by atoms with E-state index in [1.54, 1.807) is 12.4 Å². The van der Waals surface area contributed by atoms with Crippen molar-refractivity contribution >= 4 is 17.1 Å². The van der Waals surface area contributed by atoms with E-state index >= 15 is 0 Å². The summed E-state index contributed by atoms with van der Waals surface area (Å²) in [5, 5.41) is 0. The number of aromatic nitrogens is 1. The molecule has 0 atom stereocenters. The fraction of sp³-hybridized carbons (Fsp3) is 0.312. The van der Waals surface area contributed by atoms with Crippen LogP contribution in [-0.2, 0) is 0 Å². The molecule has 2 N–H and O–H groups in total. The fourth-order valence-corrected chi connectivity index (χ4v) is 2.65. The molecule has 4 heteroatoms. The average Bonchev–Trinajstić information content (AvgIpc) is 2.49. The van der Waals surface area contributed by atoms with E-state index < -0.39 is 0 Å². The molecule has 1 aliphatic rings. The molecule has 0 amide bonds. The SMILES string of the molecule is Cc1ccc(N2CCN(c3ccncc3N)CC2)cc1. The molecule has 1 saturated heterocycles. The van der Waals surface area contributed by atoms with Gasteiger partial charge in [0.2, 0.25) is 0 Å². The fourth-order valence-electron chi connectivity index (χ4n) is 2.65. The molecule has 1 fully saturated rings. The Bertz CT molecular complexity index is 571. The summed E-state index contributed by atoms with van der Waals surface area (Å²) >= 11 is 0. The quantitative estimate of drug-likeness (QED) is 0.907. The minimum Gasteiger partial charge on any atom is -0.396 e. The van der Waals surface area contributed by atoms with Gasteiger partial charge in [0.05, 0.1) is 17.6 Å². The van der Waals surface area contributed by atoms with Crippen LogP contribution >= 0.6 is 0 Å². The van der Waals surface area contributed by atoms with Crippen molar-refractivity contribution in [3.05, 3.63) is 48.3 Å². The number of hydrogen-bond acceptors (Lipinski definition) is 4. The summed E-state index contributed by atoms with van der Waals surface area (Å²) in [5.74, 6) is 0. The number of hydrogen-bond donors (Lipinski definition) is 1. The summed E-state index contributed by atoms with van der Waals surface area (Å²) in [6.45, 7) is 6.13. The highest BCUT2D eigenvalue weighted by Crippen LogP contribution is 2.24. The number of nitrogens with two attached hydrogens (primary N) is 1. The number of rotatable bonds is 2. The van der Waals surface area contributed by atoms with Crippen LogP contribution in [0.2, 0.25) is 0 Å². The smallest absolute Gasteiger partial charge is 0.0738 e. The molecule has 0 bridgehead atoms. The van der Waals surface area contributed by atoms with Gasteiger partial charge in [-0.1, -0.05) is 17.7 Å². The van der Waals surface area contributed by atoms with E-state index in [4.69, 9.17) is 5.73 Å². The van der Waals surface area contributed by atoms with Crippen LogP contribution in [0.3, 0.4) is 0 Å². The van der Waals surface area contributed by atoms with Crippen molar-refractivity contribution in [2.45, 2.75) is 6.92 Å². The number of piperazine rings is 1. The largest absolute Gasteiger partial charge is 0.396 e. The molecule has 1 aromatic carbocycles. The summed E-state index contributed by atoms with van der Waals surface area (Å²) in [4.78, 5) is 8.81. The topological polar surface area (TPSA) is 45.4 Å². The summed E-state index contributed by atoms with van der Waals surface area (Å²) in [5.41, 5.74) is 10.5. The number of nitrogens with zero attached hydrogens (tertiary/aromatic N) is 3. The molecule has 4 nitrogen and oxygen atoms in total. The minimum atomic E-state index is 0.760. The average molecular weight is 268 g/mol. The molecule has 0 unspecified atom stereocenters. The maximum absolute atomic E-state index is 6.00. The molecule has 104 valence electrons. The van der Waals surface area contributed by atoms with Crippen LogP contribution in [0, 0.1) is 6.92 Å². The lowest BCUT2D eigenvalue weighted by molar-refractivity contribution is 0.654. The normalized spacial score (nSPS) is 15.4. The second-order valence-electron chi connectivity index (χ2n) is 5.24. The first-order valence-electron chi connectivity index (χ1n) is 7.00. The number of anilines is 3. The second kappa shape index (κ2) is 5.41. The zero-order valence-corrected chi connectivity index (χ0v) is 11.8. The Morgan fingerprint density at radius 1 is 0.950 bits per heavy atom. The van der Waals surface area contributed by atoms with Gasteiger partial charge in [-0.2, -0.15) is 0 Å². The number of nitrogen functional groups attached to an aromatic ring is 1. The molecule has 1 aromatic heterocycles. The molecule has 20 heavy (non-hydrogen) atoms. The molecule has 0 aliphatic carbocycles. The summed E-state index contributed by atoms with van der Waals surface area (Å²) in [7, 11) is 0. The van der Waals surface area contributed by atoms with Crippen LogP contribution in [0.4, 0.5) is 17.1 Å². The van der Waals surface area contributed by atoms with Gasteiger partial charge in [0.25, 0.3) is 0 Å². The summed E-state index contributed by atoms with van der Waals surface area (Å²) in [6, 6.07) is 10.7. The van der Waals surface area contributed by atoms with Gasteiger partial charge in [0, 0.05) is 38.1 Å². The Morgan fingerprint density at radius 2 is 1.60 bits per heavy atom. The van der Waals surface area contributed by atoms with Gasteiger partial charge in [-0.3, -0.25) is 4.98 Å². The van der Waals surface area contributed by atoms with Crippen molar-refractivity contribution in [2.24, 2.45) is 0 Å². The zero-order chi connectivity index (χ0) is 13.9. The van der Waals surface area contributed by atoms with Gasteiger partial charge >= 0.3 is 0 Å². The van der Waals surface area contributed by atoms with E-state index in [1.807, 2.05) is 6.07 Å². The van der Waals surface area contributed by atoms with E-state index in [1.165, 1.54) is 11.3 Å². The lowest BCUT2D eigenvalue weighted by atomic mass is 10.2. The van der Waals surface area contributed by atoms with E-state index in [0.717, 1.165) is 37.6 Å². The van der Waals surface area contributed by atoms with Crippen LogP contribution in [0.5, 0.6) is 0 Å². The standard InChI is InChI=1S/C16H20N4/c1-13-2-4-14(5-3-13)19-8-10-20(11-9-19)16-6-7-18-12-15(16)17/h2-7,12H,8-11,17H2,1H3. The molecule has 0 spiro atoms. The van der Waals surface area contributed by atoms with Gasteiger partial charge in [-0.05, 0) is 25.1 Å². The lowest BCUT2D eigenvalue weighted by Gasteiger charge is -2.37. The molecule has 2 heterocycles. The number of benzene rings is 1. The molecule has 2 aromatic rings. The Morgan fingerprint density at radius 3 is 2.25 bits per heavy atom. The van der Waals surface area contributed by atoms with Gasteiger partial charge in [-0.25, -0.2) is 0 Å². The monoisotopic (exact) mass is 268 g/mol. The molecular weight excluding hydrogens is 248 g/mol. The van der Waals surface area contributed by atoms with Crippen LogP contribution in [-0.4, -0.2) is 31.2 Å². The maximum Gasteiger partial charge on any atom is 0.0738 e. The summed E-state index contributed by atoms with van der Waals surface area (Å²) < 4.78 is 0. The van der Waals surface area contributed by atoms with E-state index in [9.17, 15) is 0 Å². The van der Waals surface area contributed by atoms with Crippen LogP contribution in [0.15, 0.2) is 42.7 Å². The van der Waals surface area contributed by atoms with Crippen molar-refractivity contribution in [2.75, 3.05) is 41.7 Å². The van der Waals surface area contributed by atoms with Crippen molar-refractivity contribution in [1.82, 2.24) is 4.98 Å². The van der Waals surface area contributed by atoms with Gasteiger partial charge < -0.3 is 15.5 Å². The third kappa shape index (κ3) is 2.54. The third-order valence-electron chi connectivity index (χ3n) is 3.85. The molecule has 3 rings (SSSR count). The highest BCUT2D eigenvalue weighted by atomic mass is 15.3. The predicted octanol–water partition coefficient (Wildman–Crippen LogP) is 2.30. The maximum atomic E-state index is 6.00. The van der Waals surface area contributed by atoms with Crippen LogP contribution in [0.25, 0.3) is 0 Å². The highest BCUT2D eigenvalue weighted by Gasteiger charge is 2.18. The Labute approximate surface area is 119 Å². The van der Waals surface area contributed by atoms with Crippen molar-refractivity contribution in [3.63, 3.8) is 0 Å². The van der Waals surface area contributed by atoms with Gasteiger partial charge in [0.15, 0.2) is 0 Å². The van der Waals surface area contributed by atoms with E-state index in [2.05, 4.69) is 46.0 Å². The molecule has 0 radical (unpaired) electrons. The van der Waals surface area contributed by atoms with Crippen molar-refractivity contribution in [1.29, 1.82) is 0 Å². The number of aryl methyl sites for hydroxylation is 1. The predicted molar refractivity (Wildman–Crippen MR) is 84.3 cm³/mol. The first-order valence-corrected chi connectivity index (χ1v) is 7.00. The summed E-state index contributed by atoms with van der Waals surface area (Å²) in [6.07, 6.45) is 3.53. The number of pyridine rings is 1. The van der Waals surface area contributed by atoms with E-state index in [0.29, 0.717) is 0 Å². The van der Waals surface area contributed by atoms with Crippen molar-refractivity contribution < 1.29 is 0 Å². The minimum absolute atomic E-state index is 0.760. The second-order valence-corrected chi connectivity index (χ2v) is 5.24. The van der Waals surface area contributed by atoms with Gasteiger partial charge in [-0.15, -0.1) is 0 Å².